The predicted molar refractivity (Wildman–Crippen MR) is 59.9 cm³/mol. The Labute approximate surface area is 95.6 Å². The van der Waals surface area contributed by atoms with E-state index >= 15 is 0 Å². The Kier molecular flexibility index (Phi) is 5.99. The Hall–Kier alpha value is -0.980. The van der Waals surface area contributed by atoms with Crippen LogP contribution in [0.3, 0.4) is 0 Å². The number of aromatic nitrogens is 3. The van der Waals surface area contributed by atoms with Gasteiger partial charge in [-0.1, -0.05) is 19.1 Å². The van der Waals surface area contributed by atoms with E-state index in [1.54, 1.807) is 4.68 Å². The van der Waals surface area contributed by atoms with E-state index in [-0.39, 0.29) is 6.61 Å². The highest BCUT2D eigenvalue weighted by molar-refractivity contribution is 4.91. The first kappa shape index (κ1) is 13.1. The number of rotatable bonds is 8. The van der Waals surface area contributed by atoms with Crippen LogP contribution in [0.2, 0.25) is 0 Å². The topological polar surface area (TPSA) is 72.2 Å². The van der Waals surface area contributed by atoms with Crippen molar-refractivity contribution in [2.75, 3.05) is 19.8 Å². The molecule has 92 valence electrons. The van der Waals surface area contributed by atoms with Crippen molar-refractivity contribution in [1.29, 1.82) is 0 Å². The number of ether oxygens (including phenoxy) is 1. The van der Waals surface area contributed by atoms with Gasteiger partial charge < -0.3 is 15.2 Å². The molecule has 0 saturated heterocycles. The molecule has 0 bridgehead atoms. The summed E-state index contributed by atoms with van der Waals surface area (Å²) in [6.07, 6.45) is 1.90. The number of aliphatic hydroxyl groups excluding tert-OH is 1. The van der Waals surface area contributed by atoms with Crippen LogP contribution in [0.5, 0.6) is 0 Å². The van der Waals surface area contributed by atoms with E-state index in [0.717, 1.165) is 12.2 Å². The van der Waals surface area contributed by atoms with Crippen LogP contribution < -0.4 is 5.32 Å². The van der Waals surface area contributed by atoms with Crippen molar-refractivity contribution in [3.63, 3.8) is 0 Å². The van der Waals surface area contributed by atoms with Crippen LogP contribution >= 0.6 is 0 Å². The van der Waals surface area contributed by atoms with Crippen LogP contribution in [-0.4, -0.2) is 46.0 Å². The zero-order chi connectivity index (χ0) is 11.8. The Bertz CT molecular complexity index is 288. The quantitative estimate of drug-likeness (QED) is 0.602. The highest BCUT2D eigenvalue weighted by Crippen LogP contribution is 1.94. The zero-order valence-electron chi connectivity index (χ0n) is 9.89. The van der Waals surface area contributed by atoms with E-state index < -0.39 is 0 Å². The third kappa shape index (κ3) is 5.20. The van der Waals surface area contributed by atoms with Crippen molar-refractivity contribution in [1.82, 2.24) is 20.3 Å². The van der Waals surface area contributed by atoms with Crippen LogP contribution in [0.25, 0.3) is 0 Å². The summed E-state index contributed by atoms with van der Waals surface area (Å²) in [7, 11) is 0. The van der Waals surface area contributed by atoms with E-state index in [9.17, 15) is 0 Å². The van der Waals surface area contributed by atoms with E-state index in [1.807, 2.05) is 6.20 Å². The van der Waals surface area contributed by atoms with Gasteiger partial charge >= 0.3 is 0 Å². The minimum absolute atomic E-state index is 0.0565. The third-order valence-electron chi connectivity index (χ3n) is 1.98. The fraction of sp³-hybridized carbons (Fsp3) is 0.800. The van der Waals surface area contributed by atoms with Crippen LogP contribution in [-0.2, 0) is 17.8 Å². The number of nitrogens with one attached hydrogen (secondary N) is 1. The molecule has 6 nitrogen and oxygen atoms in total. The maximum atomic E-state index is 8.52. The summed E-state index contributed by atoms with van der Waals surface area (Å²) >= 11 is 0. The first-order valence-electron chi connectivity index (χ1n) is 5.53. The standard InChI is InChI=1S/C10H20N4O2/c1-9(2)11-7-10-8-14(13-12-10)3-5-16-6-4-15/h8-9,11,15H,3-7H2,1-2H3. The zero-order valence-corrected chi connectivity index (χ0v) is 9.89. The van der Waals surface area contributed by atoms with Gasteiger partial charge in [0, 0.05) is 18.8 Å². The molecule has 0 aliphatic heterocycles. The van der Waals surface area contributed by atoms with Gasteiger partial charge in [-0.2, -0.15) is 0 Å². The van der Waals surface area contributed by atoms with Gasteiger partial charge in [-0.3, -0.25) is 0 Å². The van der Waals surface area contributed by atoms with Gasteiger partial charge in [0.2, 0.25) is 0 Å². The number of aliphatic hydroxyl groups is 1. The summed E-state index contributed by atoms with van der Waals surface area (Å²) in [5.41, 5.74) is 0.927. The molecule has 0 spiro atoms. The van der Waals surface area contributed by atoms with Crippen LogP contribution in [0.4, 0.5) is 0 Å². The lowest BCUT2D eigenvalue weighted by Gasteiger charge is -2.04. The molecule has 2 N–H and O–H groups in total. The summed E-state index contributed by atoms with van der Waals surface area (Å²) in [5.74, 6) is 0. The molecule has 1 rings (SSSR count). The molecule has 1 aromatic heterocycles. The molecule has 0 aliphatic rings. The van der Waals surface area contributed by atoms with Crippen molar-refractivity contribution in [3.05, 3.63) is 11.9 Å². The average molecular weight is 228 g/mol. The smallest absolute Gasteiger partial charge is 0.0964 e. The van der Waals surface area contributed by atoms with E-state index in [4.69, 9.17) is 9.84 Å². The first-order valence-corrected chi connectivity index (χ1v) is 5.53. The molecule has 0 aromatic carbocycles. The fourth-order valence-corrected chi connectivity index (χ4v) is 1.16. The van der Waals surface area contributed by atoms with Crippen molar-refractivity contribution >= 4 is 0 Å². The second kappa shape index (κ2) is 7.32. The molecule has 0 atom stereocenters. The number of nitrogens with zero attached hydrogens (tertiary/aromatic N) is 3. The number of hydrogen-bond donors (Lipinski definition) is 2. The fourth-order valence-electron chi connectivity index (χ4n) is 1.16. The molecule has 0 fully saturated rings. The maximum absolute atomic E-state index is 8.52. The lowest BCUT2D eigenvalue weighted by atomic mass is 10.3. The van der Waals surface area contributed by atoms with Gasteiger partial charge in [-0.15, -0.1) is 5.10 Å². The van der Waals surface area contributed by atoms with Gasteiger partial charge in [0.05, 0.1) is 32.1 Å². The Morgan fingerprint density at radius 1 is 1.50 bits per heavy atom. The minimum Gasteiger partial charge on any atom is -0.394 e. The lowest BCUT2D eigenvalue weighted by molar-refractivity contribution is 0.0851. The predicted octanol–water partition coefficient (Wildman–Crippen LogP) is -0.215. The molecule has 6 heteroatoms. The van der Waals surface area contributed by atoms with Crippen LogP contribution in [0.15, 0.2) is 6.20 Å². The van der Waals surface area contributed by atoms with E-state index in [2.05, 4.69) is 29.5 Å². The Morgan fingerprint density at radius 2 is 2.31 bits per heavy atom. The monoisotopic (exact) mass is 228 g/mol. The van der Waals surface area contributed by atoms with Crippen molar-refractivity contribution in [3.8, 4) is 0 Å². The second-order valence-corrected chi connectivity index (χ2v) is 3.84. The second-order valence-electron chi connectivity index (χ2n) is 3.84. The molecular weight excluding hydrogens is 208 g/mol. The summed E-state index contributed by atoms with van der Waals surface area (Å²) in [6, 6.07) is 0.443. The van der Waals surface area contributed by atoms with Gasteiger partial charge in [-0.25, -0.2) is 4.68 Å². The molecule has 0 radical (unpaired) electrons. The summed E-state index contributed by atoms with van der Waals surface area (Å²) < 4.78 is 6.88. The summed E-state index contributed by atoms with van der Waals surface area (Å²) in [5, 5.41) is 19.8. The highest BCUT2D eigenvalue weighted by atomic mass is 16.5. The van der Waals surface area contributed by atoms with E-state index in [0.29, 0.717) is 25.8 Å². The lowest BCUT2D eigenvalue weighted by Crippen LogP contribution is -2.21. The molecule has 0 saturated carbocycles. The molecule has 16 heavy (non-hydrogen) atoms. The van der Waals surface area contributed by atoms with Crippen LogP contribution in [0, 0.1) is 0 Å². The number of hydrogen-bond acceptors (Lipinski definition) is 5. The normalized spacial score (nSPS) is 11.2. The van der Waals surface area contributed by atoms with Gasteiger partial charge in [0.1, 0.15) is 0 Å². The average Bonchev–Trinajstić information content (AvgIpc) is 2.70. The molecule has 1 aromatic rings. The SMILES string of the molecule is CC(C)NCc1cn(CCOCCO)nn1. The van der Waals surface area contributed by atoms with Crippen molar-refractivity contribution < 1.29 is 9.84 Å². The Morgan fingerprint density at radius 3 is 3.00 bits per heavy atom. The van der Waals surface area contributed by atoms with Gasteiger partial charge in [0.15, 0.2) is 0 Å². The van der Waals surface area contributed by atoms with Crippen LogP contribution in [0.1, 0.15) is 19.5 Å². The van der Waals surface area contributed by atoms with Crippen molar-refractivity contribution in [2.45, 2.75) is 33.0 Å². The molecular formula is C10H20N4O2. The molecule has 0 amide bonds. The molecule has 1 heterocycles. The van der Waals surface area contributed by atoms with E-state index in [1.165, 1.54) is 0 Å². The maximum Gasteiger partial charge on any atom is 0.0964 e. The minimum atomic E-state index is 0.0565. The largest absolute Gasteiger partial charge is 0.394 e. The molecule has 0 unspecified atom stereocenters. The Balaban J connectivity index is 2.22. The first-order chi connectivity index (χ1) is 7.72. The van der Waals surface area contributed by atoms with Gasteiger partial charge in [-0.05, 0) is 0 Å². The summed E-state index contributed by atoms with van der Waals surface area (Å²) in [4.78, 5) is 0. The van der Waals surface area contributed by atoms with Gasteiger partial charge in [0.25, 0.3) is 0 Å². The molecule has 0 aliphatic carbocycles. The van der Waals surface area contributed by atoms with Crippen molar-refractivity contribution in [2.24, 2.45) is 0 Å². The highest BCUT2D eigenvalue weighted by Gasteiger charge is 2.01. The summed E-state index contributed by atoms with van der Waals surface area (Å²) in [6.45, 7) is 6.54. The third-order valence-corrected chi connectivity index (χ3v) is 1.98.